The van der Waals surface area contributed by atoms with Crippen LogP contribution in [0.4, 0.5) is 0 Å². The maximum atomic E-state index is 12.3. The number of aromatic nitrogens is 2. The summed E-state index contributed by atoms with van der Waals surface area (Å²) >= 11 is 0. The molecule has 1 saturated heterocycles. The molecule has 6 nitrogen and oxygen atoms in total. The Morgan fingerprint density at radius 3 is 2.50 bits per heavy atom. The average Bonchev–Trinajstić information content (AvgIpc) is 2.89. The third kappa shape index (κ3) is 3.12. The molecule has 0 aliphatic carbocycles. The van der Waals surface area contributed by atoms with Gasteiger partial charge < -0.3 is 10.6 Å². The molecule has 1 aromatic heterocycles. The van der Waals surface area contributed by atoms with Crippen LogP contribution in [0.25, 0.3) is 0 Å². The van der Waals surface area contributed by atoms with E-state index in [4.69, 9.17) is 0 Å². The lowest BCUT2D eigenvalue weighted by atomic mass is 10.1. The van der Waals surface area contributed by atoms with Gasteiger partial charge in [0.1, 0.15) is 6.33 Å². The van der Waals surface area contributed by atoms with Crippen LogP contribution in [0, 0.1) is 5.92 Å². The number of nitrogens with zero attached hydrogens (tertiary/aromatic N) is 2. The smallest absolute Gasteiger partial charge is 0.255 e. The van der Waals surface area contributed by atoms with E-state index in [1.165, 1.54) is 6.33 Å². The number of rotatable bonds is 5. The van der Waals surface area contributed by atoms with Crippen LogP contribution in [0.5, 0.6) is 0 Å². The lowest BCUT2D eigenvalue weighted by Gasteiger charge is -2.13. The monoisotopic (exact) mass is 276 g/mol. The molecule has 2 heterocycles. The molecule has 2 N–H and O–H groups in total. The van der Waals surface area contributed by atoms with Crippen molar-refractivity contribution in [3.63, 3.8) is 0 Å². The van der Waals surface area contributed by atoms with Crippen molar-refractivity contribution in [1.29, 1.82) is 0 Å². The van der Waals surface area contributed by atoms with Gasteiger partial charge in [-0.25, -0.2) is 9.97 Å². The highest BCUT2D eigenvalue weighted by atomic mass is 16.2. The van der Waals surface area contributed by atoms with E-state index in [1.54, 1.807) is 0 Å². The van der Waals surface area contributed by atoms with Crippen LogP contribution in [-0.2, 0) is 17.6 Å². The highest BCUT2D eigenvalue weighted by Gasteiger charge is 2.23. The highest BCUT2D eigenvalue weighted by Crippen LogP contribution is 2.13. The van der Waals surface area contributed by atoms with Gasteiger partial charge in [0, 0.05) is 25.4 Å². The molecule has 2 amide bonds. The Morgan fingerprint density at radius 2 is 2.00 bits per heavy atom. The van der Waals surface area contributed by atoms with Gasteiger partial charge in [0.05, 0.1) is 17.0 Å². The van der Waals surface area contributed by atoms with Gasteiger partial charge in [0.2, 0.25) is 5.91 Å². The summed E-state index contributed by atoms with van der Waals surface area (Å²) < 4.78 is 0. The first-order valence-corrected chi connectivity index (χ1v) is 7.03. The SMILES string of the molecule is CCc1ncnc(CC)c1C(=O)NC[C@@H]1CNC(=O)C1. The molecule has 0 radical (unpaired) electrons. The number of carbonyl (C=O) groups is 2. The zero-order chi connectivity index (χ0) is 14.5. The second-order valence-electron chi connectivity index (χ2n) is 4.93. The van der Waals surface area contributed by atoms with Crippen molar-refractivity contribution in [2.45, 2.75) is 33.1 Å². The Kier molecular flexibility index (Phi) is 4.65. The van der Waals surface area contributed by atoms with E-state index in [0.717, 1.165) is 11.4 Å². The van der Waals surface area contributed by atoms with Gasteiger partial charge in [-0.15, -0.1) is 0 Å². The van der Waals surface area contributed by atoms with Gasteiger partial charge in [-0.05, 0) is 12.8 Å². The minimum Gasteiger partial charge on any atom is -0.356 e. The zero-order valence-corrected chi connectivity index (χ0v) is 11.9. The Balaban J connectivity index is 2.06. The molecule has 0 spiro atoms. The van der Waals surface area contributed by atoms with Gasteiger partial charge in [0.15, 0.2) is 0 Å². The molecule has 0 aromatic carbocycles. The number of carbonyl (C=O) groups excluding carboxylic acids is 2. The van der Waals surface area contributed by atoms with Crippen LogP contribution >= 0.6 is 0 Å². The van der Waals surface area contributed by atoms with Crippen LogP contribution in [0.1, 0.15) is 42.0 Å². The summed E-state index contributed by atoms with van der Waals surface area (Å²) in [5.74, 6) is 0.0840. The first kappa shape index (κ1) is 14.4. The Bertz CT molecular complexity index is 494. The fraction of sp³-hybridized carbons (Fsp3) is 0.571. The number of aryl methyl sites for hydroxylation is 2. The van der Waals surface area contributed by atoms with Crippen molar-refractivity contribution in [2.75, 3.05) is 13.1 Å². The summed E-state index contributed by atoms with van der Waals surface area (Å²) in [5.41, 5.74) is 2.14. The molecule has 1 aromatic rings. The maximum Gasteiger partial charge on any atom is 0.255 e. The van der Waals surface area contributed by atoms with Crippen molar-refractivity contribution < 1.29 is 9.59 Å². The average molecular weight is 276 g/mol. The van der Waals surface area contributed by atoms with Crippen LogP contribution in [0.3, 0.4) is 0 Å². The van der Waals surface area contributed by atoms with Crippen molar-refractivity contribution in [3.8, 4) is 0 Å². The number of nitrogens with one attached hydrogen (secondary N) is 2. The third-order valence-corrected chi connectivity index (χ3v) is 3.51. The molecule has 0 saturated carbocycles. The predicted octanol–water partition coefficient (Wildman–Crippen LogP) is 0.467. The van der Waals surface area contributed by atoms with Gasteiger partial charge in [-0.3, -0.25) is 9.59 Å². The number of hydrogen-bond donors (Lipinski definition) is 2. The van der Waals surface area contributed by atoms with Crippen molar-refractivity contribution in [2.24, 2.45) is 5.92 Å². The fourth-order valence-corrected chi connectivity index (χ4v) is 2.40. The highest BCUT2D eigenvalue weighted by molar-refractivity contribution is 5.96. The number of hydrogen-bond acceptors (Lipinski definition) is 4. The Labute approximate surface area is 118 Å². The van der Waals surface area contributed by atoms with Crippen molar-refractivity contribution >= 4 is 11.8 Å². The number of amides is 2. The fourth-order valence-electron chi connectivity index (χ4n) is 2.40. The molecule has 108 valence electrons. The molecule has 1 aliphatic rings. The van der Waals surface area contributed by atoms with Crippen LogP contribution in [0.2, 0.25) is 0 Å². The molecule has 1 aliphatic heterocycles. The second-order valence-corrected chi connectivity index (χ2v) is 4.93. The van der Waals surface area contributed by atoms with Gasteiger partial charge >= 0.3 is 0 Å². The first-order chi connectivity index (χ1) is 9.65. The molecule has 2 rings (SSSR count). The van der Waals surface area contributed by atoms with Crippen molar-refractivity contribution in [3.05, 3.63) is 23.3 Å². The standard InChI is InChI=1S/C14H20N4O2/c1-3-10-13(11(4-2)18-8-17-10)14(20)16-7-9-5-12(19)15-6-9/h8-9H,3-7H2,1-2H3,(H,15,19)(H,16,20)/t9-/m0/s1. The summed E-state index contributed by atoms with van der Waals surface area (Å²) in [5, 5.41) is 5.66. The summed E-state index contributed by atoms with van der Waals surface area (Å²) in [6.07, 6.45) is 3.38. The molecule has 1 fully saturated rings. The van der Waals surface area contributed by atoms with E-state index in [0.29, 0.717) is 37.9 Å². The maximum absolute atomic E-state index is 12.3. The van der Waals surface area contributed by atoms with E-state index in [2.05, 4.69) is 20.6 Å². The van der Waals surface area contributed by atoms with E-state index < -0.39 is 0 Å². The molecule has 1 atom stereocenters. The molecule has 20 heavy (non-hydrogen) atoms. The second kappa shape index (κ2) is 6.45. The van der Waals surface area contributed by atoms with Crippen LogP contribution in [-0.4, -0.2) is 34.9 Å². The molecule has 6 heteroatoms. The van der Waals surface area contributed by atoms with Crippen molar-refractivity contribution in [1.82, 2.24) is 20.6 Å². The van der Waals surface area contributed by atoms with E-state index >= 15 is 0 Å². The summed E-state index contributed by atoms with van der Waals surface area (Å²) in [6, 6.07) is 0. The lowest BCUT2D eigenvalue weighted by Crippen LogP contribution is -2.32. The summed E-state index contributed by atoms with van der Waals surface area (Å²) in [7, 11) is 0. The quantitative estimate of drug-likeness (QED) is 0.818. The van der Waals surface area contributed by atoms with E-state index in [-0.39, 0.29) is 17.7 Å². The zero-order valence-electron chi connectivity index (χ0n) is 11.9. The minimum absolute atomic E-state index is 0.0517. The normalized spacial score (nSPS) is 17.9. The Hall–Kier alpha value is -1.98. The van der Waals surface area contributed by atoms with Gasteiger partial charge in [-0.2, -0.15) is 0 Å². The molecule has 0 bridgehead atoms. The minimum atomic E-state index is -0.140. The largest absolute Gasteiger partial charge is 0.356 e. The Morgan fingerprint density at radius 1 is 1.35 bits per heavy atom. The third-order valence-electron chi connectivity index (χ3n) is 3.51. The molecule has 0 unspecified atom stereocenters. The lowest BCUT2D eigenvalue weighted by molar-refractivity contribution is -0.119. The topological polar surface area (TPSA) is 84.0 Å². The van der Waals surface area contributed by atoms with Gasteiger partial charge in [-0.1, -0.05) is 13.8 Å². The van der Waals surface area contributed by atoms with E-state index in [1.807, 2.05) is 13.8 Å². The van der Waals surface area contributed by atoms with Crippen LogP contribution < -0.4 is 10.6 Å². The molecular formula is C14H20N4O2. The predicted molar refractivity (Wildman–Crippen MR) is 74.2 cm³/mol. The first-order valence-electron chi connectivity index (χ1n) is 7.03. The molecular weight excluding hydrogens is 256 g/mol. The van der Waals surface area contributed by atoms with E-state index in [9.17, 15) is 9.59 Å². The summed E-state index contributed by atoms with van der Waals surface area (Å²) in [6.45, 7) is 5.07. The van der Waals surface area contributed by atoms with Gasteiger partial charge in [0.25, 0.3) is 5.91 Å². The van der Waals surface area contributed by atoms with Crippen LogP contribution in [0.15, 0.2) is 6.33 Å². The summed E-state index contributed by atoms with van der Waals surface area (Å²) in [4.78, 5) is 31.8.